The van der Waals surface area contributed by atoms with Crippen LogP contribution in [0.2, 0.25) is 0 Å². The first-order valence-corrected chi connectivity index (χ1v) is 4.36. The third-order valence-electron chi connectivity index (χ3n) is 1.36. The minimum Gasteiger partial charge on any atom is -0.385 e. The van der Waals surface area contributed by atoms with Gasteiger partial charge in [-0.1, -0.05) is 0 Å². The van der Waals surface area contributed by atoms with E-state index in [1.54, 1.807) is 0 Å². The van der Waals surface area contributed by atoms with Gasteiger partial charge in [0.25, 0.3) is 12.3 Å². The summed E-state index contributed by atoms with van der Waals surface area (Å²) in [4.78, 5) is 11.1. The Bertz CT molecular complexity index is 293. The van der Waals surface area contributed by atoms with Crippen molar-refractivity contribution in [2.24, 2.45) is 0 Å². The Balaban J connectivity index is 2.36. The van der Waals surface area contributed by atoms with E-state index in [1.165, 1.54) is 6.20 Å². The number of carbonyl (C=O) groups is 1. The minimum absolute atomic E-state index is 0.0523. The van der Waals surface area contributed by atoms with Gasteiger partial charge in [0.2, 0.25) is 0 Å². The normalized spacial score (nSPS) is 12.9. The lowest BCUT2D eigenvalue weighted by atomic mass is 10.3. The number of aliphatic hydroxyl groups excluding tert-OH is 1. The number of alkyl halides is 2. The largest absolute Gasteiger partial charge is 0.385 e. The molecule has 0 saturated heterocycles. The van der Waals surface area contributed by atoms with Crippen LogP contribution in [0.4, 0.5) is 8.78 Å². The molecule has 0 aliphatic heterocycles. The fourth-order valence-electron chi connectivity index (χ4n) is 0.642. The molecule has 1 heterocycles. The first kappa shape index (κ1) is 10.9. The second-order valence-electron chi connectivity index (χ2n) is 2.40. The summed E-state index contributed by atoms with van der Waals surface area (Å²) in [5.41, 5.74) is 0.0523. The molecule has 0 aliphatic rings. The number of hydrogen-bond acceptors (Lipinski definition) is 5. The summed E-state index contributed by atoms with van der Waals surface area (Å²) in [6.45, 7) is -0.506. The molecule has 8 heteroatoms. The summed E-state index contributed by atoms with van der Waals surface area (Å²) in [5.74, 6) is -0.626. The summed E-state index contributed by atoms with van der Waals surface area (Å²) in [6, 6.07) is 0. The van der Waals surface area contributed by atoms with Gasteiger partial charge in [0, 0.05) is 6.54 Å². The van der Waals surface area contributed by atoms with Gasteiger partial charge in [-0.2, -0.15) is 8.75 Å². The predicted octanol–water partition coefficient (Wildman–Crippen LogP) is -0.106. The molecule has 0 radical (unpaired) electrons. The number of nitrogens with one attached hydrogen (secondary N) is 1. The number of hydrogen-bond donors (Lipinski definition) is 2. The van der Waals surface area contributed by atoms with Gasteiger partial charge in [-0.15, -0.1) is 0 Å². The van der Waals surface area contributed by atoms with Gasteiger partial charge < -0.3 is 10.4 Å². The molecular weight excluding hydrogens is 216 g/mol. The molecule has 0 fully saturated rings. The first-order valence-electron chi connectivity index (χ1n) is 3.63. The van der Waals surface area contributed by atoms with E-state index >= 15 is 0 Å². The van der Waals surface area contributed by atoms with Crippen LogP contribution in [-0.2, 0) is 0 Å². The topological polar surface area (TPSA) is 75.1 Å². The van der Waals surface area contributed by atoms with Crippen LogP contribution in [0, 0.1) is 0 Å². The molecule has 0 bridgehead atoms. The van der Waals surface area contributed by atoms with E-state index < -0.39 is 25.0 Å². The number of carbonyl (C=O) groups excluding carboxylic acids is 1. The average molecular weight is 223 g/mol. The number of aromatic nitrogens is 2. The van der Waals surface area contributed by atoms with E-state index in [4.69, 9.17) is 5.11 Å². The fourth-order valence-corrected chi connectivity index (χ4v) is 1.05. The van der Waals surface area contributed by atoms with Crippen molar-refractivity contribution in [3.8, 4) is 0 Å². The minimum atomic E-state index is -2.87. The Morgan fingerprint density at radius 2 is 2.43 bits per heavy atom. The molecule has 1 amide bonds. The van der Waals surface area contributed by atoms with Crippen LogP contribution < -0.4 is 5.32 Å². The zero-order valence-corrected chi connectivity index (χ0v) is 7.67. The number of amides is 1. The van der Waals surface area contributed by atoms with E-state index in [0.29, 0.717) is 0 Å². The highest BCUT2D eigenvalue weighted by atomic mass is 32.1. The molecule has 1 unspecified atom stereocenters. The zero-order chi connectivity index (χ0) is 10.6. The van der Waals surface area contributed by atoms with Gasteiger partial charge in [0.1, 0.15) is 6.10 Å². The van der Waals surface area contributed by atoms with Crippen molar-refractivity contribution in [3.63, 3.8) is 0 Å². The molecule has 1 atom stereocenters. The zero-order valence-electron chi connectivity index (χ0n) is 6.85. The third kappa shape index (κ3) is 2.96. The van der Waals surface area contributed by atoms with Crippen LogP contribution in [0.15, 0.2) is 6.20 Å². The molecule has 0 aliphatic carbocycles. The van der Waals surface area contributed by atoms with E-state index in [1.807, 2.05) is 0 Å². The van der Waals surface area contributed by atoms with E-state index in [0.717, 1.165) is 11.7 Å². The third-order valence-corrected chi connectivity index (χ3v) is 1.83. The number of rotatable bonds is 4. The van der Waals surface area contributed by atoms with E-state index in [2.05, 4.69) is 14.1 Å². The van der Waals surface area contributed by atoms with Gasteiger partial charge >= 0.3 is 0 Å². The second-order valence-corrected chi connectivity index (χ2v) is 2.96. The van der Waals surface area contributed by atoms with Gasteiger partial charge in [0.05, 0.1) is 17.9 Å². The highest BCUT2D eigenvalue weighted by Crippen LogP contribution is 1.99. The summed E-state index contributed by atoms with van der Waals surface area (Å²) < 4.78 is 30.7. The Morgan fingerprint density at radius 1 is 1.71 bits per heavy atom. The van der Waals surface area contributed by atoms with Crippen molar-refractivity contribution in [2.75, 3.05) is 6.54 Å². The van der Waals surface area contributed by atoms with Crippen LogP contribution in [0.5, 0.6) is 0 Å². The maximum Gasteiger partial charge on any atom is 0.272 e. The van der Waals surface area contributed by atoms with Crippen LogP contribution in [-0.4, -0.2) is 38.8 Å². The Morgan fingerprint density at radius 3 is 2.93 bits per heavy atom. The Labute approximate surface area is 82.1 Å². The Kier molecular flexibility index (Phi) is 3.84. The quantitative estimate of drug-likeness (QED) is 0.747. The molecule has 1 aromatic rings. The molecule has 78 valence electrons. The maximum absolute atomic E-state index is 11.8. The molecule has 5 nitrogen and oxygen atoms in total. The number of aliphatic hydroxyl groups is 1. The molecule has 0 aromatic carbocycles. The van der Waals surface area contributed by atoms with Gasteiger partial charge in [-0.25, -0.2) is 8.78 Å². The van der Waals surface area contributed by atoms with Crippen molar-refractivity contribution in [3.05, 3.63) is 11.9 Å². The van der Waals surface area contributed by atoms with Crippen LogP contribution >= 0.6 is 11.7 Å². The molecule has 1 aromatic heterocycles. The molecule has 14 heavy (non-hydrogen) atoms. The van der Waals surface area contributed by atoms with Gasteiger partial charge in [-0.3, -0.25) is 4.79 Å². The van der Waals surface area contributed by atoms with Crippen LogP contribution in [0.25, 0.3) is 0 Å². The van der Waals surface area contributed by atoms with Crippen molar-refractivity contribution >= 4 is 17.6 Å². The Hall–Kier alpha value is -1.15. The van der Waals surface area contributed by atoms with Crippen molar-refractivity contribution < 1.29 is 18.7 Å². The first-order chi connectivity index (χ1) is 6.61. The number of halogens is 2. The highest BCUT2D eigenvalue weighted by Gasteiger charge is 2.18. The maximum atomic E-state index is 11.8. The smallest absolute Gasteiger partial charge is 0.272 e. The molecule has 1 rings (SSSR count). The van der Waals surface area contributed by atoms with E-state index in [-0.39, 0.29) is 5.69 Å². The number of nitrogens with zero attached hydrogens (tertiary/aromatic N) is 2. The van der Waals surface area contributed by atoms with Gasteiger partial charge in [0.15, 0.2) is 5.69 Å². The van der Waals surface area contributed by atoms with Gasteiger partial charge in [-0.05, 0) is 0 Å². The summed E-state index contributed by atoms with van der Waals surface area (Å²) in [7, 11) is 0. The summed E-state index contributed by atoms with van der Waals surface area (Å²) >= 11 is 0.837. The fraction of sp³-hybridized carbons (Fsp3) is 0.500. The lowest BCUT2D eigenvalue weighted by Gasteiger charge is -2.09. The molecule has 2 N–H and O–H groups in total. The lowest BCUT2D eigenvalue weighted by Crippen LogP contribution is -2.35. The van der Waals surface area contributed by atoms with Crippen molar-refractivity contribution in [1.29, 1.82) is 0 Å². The molecule has 0 spiro atoms. The average Bonchev–Trinajstić information content (AvgIpc) is 2.66. The summed E-state index contributed by atoms with van der Waals surface area (Å²) in [5, 5.41) is 10.8. The SMILES string of the molecule is O=C(NCC(O)C(F)F)c1cnsn1. The monoisotopic (exact) mass is 223 g/mol. The molecular formula is C6H7F2N3O2S. The lowest BCUT2D eigenvalue weighted by molar-refractivity contribution is -0.00272. The second kappa shape index (κ2) is 4.91. The standard InChI is InChI=1S/C6H7F2N3O2S/c7-5(8)4(12)2-9-6(13)3-1-10-14-11-3/h1,4-5,12H,2H2,(H,9,13). The molecule has 0 saturated carbocycles. The van der Waals surface area contributed by atoms with Crippen molar-refractivity contribution in [2.45, 2.75) is 12.5 Å². The van der Waals surface area contributed by atoms with Crippen molar-refractivity contribution in [1.82, 2.24) is 14.1 Å². The predicted molar refractivity (Wildman–Crippen MR) is 44.3 cm³/mol. The highest BCUT2D eigenvalue weighted by molar-refractivity contribution is 6.99. The van der Waals surface area contributed by atoms with Crippen LogP contribution in [0.3, 0.4) is 0 Å². The van der Waals surface area contributed by atoms with E-state index in [9.17, 15) is 13.6 Å². The van der Waals surface area contributed by atoms with Crippen LogP contribution in [0.1, 0.15) is 10.5 Å². The summed E-state index contributed by atoms with van der Waals surface area (Å²) in [6.07, 6.45) is -3.51.